The molecule has 18 heavy (non-hydrogen) atoms. The Morgan fingerprint density at radius 3 is 2.50 bits per heavy atom. The van der Waals surface area contributed by atoms with Crippen LogP contribution in [0.3, 0.4) is 0 Å². The van der Waals surface area contributed by atoms with E-state index >= 15 is 0 Å². The fraction of sp³-hybridized carbons (Fsp3) is 0.364. The molecular weight excluding hydrogens is 280 g/mol. The molecule has 7 heteroatoms. The van der Waals surface area contributed by atoms with Gasteiger partial charge >= 0.3 is 5.97 Å². The van der Waals surface area contributed by atoms with Gasteiger partial charge in [0.15, 0.2) is 9.84 Å². The molecule has 0 atom stereocenters. The van der Waals surface area contributed by atoms with E-state index in [2.05, 4.69) is 0 Å². The molecule has 5 nitrogen and oxygen atoms in total. The molecule has 0 spiro atoms. The minimum atomic E-state index is -3.29. The van der Waals surface area contributed by atoms with Crippen LogP contribution in [0.2, 0.25) is 5.02 Å². The van der Waals surface area contributed by atoms with E-state index < -0.39 is 15.8 Å². The number of carboxylic acid groups (broad SMARTS) is 1. The number of sulfone groups is 1. The van der Waals surface area contributed by atoms with Crippen molar-refractivity contribution in [2.75, 3.05) is 12.9 Å². The number of ether oxygens (including phenoxy) is 1. The van der Waals surface area contributed by atoms with Crippen LogP contribution in [-0.2, 0) is 15.6 Å². The topological polar surface area (TPSA) is 80.7 Å². The Morgan fingerprint density at radius 2 is 2.06 bits per heavy atom. The summed E-state index contributed by atoms with van der Waals surface area (Å²) in [5, 5.41) is 9.21. The summed E-state index contributed by atoms with van der Waals surface area (Å²) in [5.74, 6) is -1.37. The molecule has 0 aromatic heterocycles. The molecular formula is C11H13ClO5S. The molecule has 0 amide bonds. The van der Waals surface area contributed by atoms with Gasteiger partial charge in [0.1, 0.15) is 11.3 Å². The fourth-order valence-electron chi connectivity index (χ4n) is 1.43. The number of benzene rings is 1. The van der Waals surface area contributed by atoms with E-state index in [1.54, 1.807) is 6.92 Å². The molecule has 0 heterocycles. The van der Waals surface area contributed by atoms with Gasteiger partial charge in [-0.15, -0.1) is 0 Å². The van der Waals surface area contributed by atoms with E-state index in [9.17, 15) is 13.2 Å². The first kappa shape index (κ1) is 14.8. The fourth-order valence-corrected chi connectivity index (χ4v) is 2.54. The number of carboxylic acids is 1. The predicted octanol–water partition coefficient (Wildman–Crippen LogP) is 1.98. The second kappa shape index (κ2) is 5.58. The average Bonchev–Trinajstić information content (AvgIpc) is 2.20. The summed E-state index contributed by atoms with van der Waals surface area (Å²) in [5.41, 5.74) is 0.153. The van der Waals surface area contributed by atoms with Gasteiger partial charge in [0.25, 0.3) is 0 Å². The van der Waals surface area contributed by atoms with Gasteiger partial charge in [0.05, 0.1) is 12.4 Å². The van der Waals surface area contributed by atoms with E-state index in [4.69, 9.17) is 21.4 Å². The van der Waals surface area contributed by atoms with Crippen molar-refractivity contribution >= 4 is 27.4 Å². The van der Waals surface area contributed by atoms with Gasteiger partial charge in [-0.2, -0.15) is 0 Å². The Labute approximate surface area is 110 Å². The molecule has 0 saturated carbocycles. The summed E-state index contributed by atoms with van der Waals surface area (Å²) < 4.78 is 27.6. The average molecular weight is 293 g/mol. The first-order valence-electron chi connectivity index (χ1n) is 5.11. The lowest BCUT2D eigenvalue weighted by molar-refractivity contribution is 0.0692. The number of aromatic carboxylic acids is 1. The van der Waals surface area contributed by atoms with E-state index in [1.807, 2.05) is 0 Å². The highest BCUT2D eigenvalue weighted by atomic mass is 35.5. The van der Waals surface area contributed by atoms with Crippen LogP contribution in [0.1, 0.15) is 22.8 Å². The molecule has 1 rings (SSSR count). The standard InChI is InChI=1S/C11H13ClO5S/c1-3-17-10-5-9(12)7(6-18(2,15)16)4-8(10)11(13)14/h4-5H,3,6H2,1-2H3,(H,13,14). The molecule has 0 radical (unpaired) electrons. The SMILES string of the molecule is CCOc1cc(Cl)c(CS(C)(=O)=O)cc1C(=O)O. The van der Waals surface area contributed by atoms with Crippen LogP contribution in [0, 0.1) is 0 Å². The lowest BCUT2D eigenvalue weighted by Gasteiger charge is -2.11. The van der Waals surface area contributed by atoms with Crippen LogP contribution >= 0.6 is 11.6 Å². The molecule has 1 N–H and O–H groups in total. The second-order valence-corrected chi connectivity index (χ2v) is 6.30. The monoisotopic (exact) mass is 292 g/mol. The summed E-state index contributed by atoms with van der Waals surface area (Å²) >= 11 is 5.91. The van der Waals surface area contributed by atoms with Crippen LogP contribution in [0.4, 0.5) is 0 Å². The van der Waals surface area contributed by atoms with Crippen LogP contribution in [0.25, 0.3) is 0 Å². The van der Waals surface area contributed by atoms with Crippen molar-refractivity contribution in [2.24, 2.45) is 0 Å². The van der Waals surface area contributed by atoms with Gasteiger partial charge in [-0.1, -0.05) is 11.6 Å². The maximum Gasteiger partial charge on any atom is 0.339 e. The Bertz CT molecular complexity index is 565. The minimum Gasteiger partial charge on any atom is -0.493 e. The lowest BCUT2D eigenvalue weighted by atomic mass is 10.1. The van der Waals surface area contributed by atoms with E-state index in [-0.39, 0.29) is 27.7 Å². The van der Waals surface area contributed by atoms with Crippen molar-refractivity contribution in [1.29, 1.82) is 0 Å². The van der Waals surface area contributed by atoms with Gasteiger partial charge < -0.3 is 9.84 Å². The maximum atomic E-state index is 11.2. The molecule has 0 bridgehead atoms. The van der Waals surface area contributed by atoms with E-state index in [0.29, 0.717) is 6.61 Å². The number of halogens is 1. The molecule has 1 aromatic rings. The molecule has 100 valence electrons. The molecule has 0 aliphatic carbocycles. The van der Waals surface area contributed by atoms with Gasteiger partial charge in [0.2, 0.25) is 0 Å². The van der Waals surface area contributed by atoms with Crippen LogP contribution in [-0.4, -0.2) is 32.4 Å². The minimum absolute atomic E-state index is 0.0973. The van der Waals surface area contributed by atoms with E-state index in [1.165, 1.54) is 12.1 Å². The highest BCUT2D eigenvalue weighted by molar-refractivity contribution is 7.89. The summed E-state index contributed by atoms with van der Waals surface area (Å²) in [6.07, 6.45) is 1.06. The summed E-state index contributed by atoms with van der Waals surface area (Å²) in [6.45, 7) is 2.01. The van der Waals surface area contributed by atoms with Gasteiger partial charge in [-0.25, -0.2) is 13.2 Å². The third-order valence-corrected chi connectivity index (χ3v) is 3.28. The number of hydrogen-bond acceptors (Lipinski definition) is 4. The van der Waals surface area contributed by atoms with Crippen LogP contribution in [0.5, 0.6) is 5.75 Å². The number of rotatable bonds is 5. The second-order valence-electron chi connectivity index (χ2n) is 3.75. The first-order valence-corrected chi connectivity index (χ1v) is 7.54. The molecule has 0 saturated heterocycles. The third kappa shape index (κ3) is 3.89. The molecule has 0 fully saturated rings. The van der Waals surface area contributed by atoms with Crippen LogP contribution < -0.4 is 4.74 Å². The van der Waals surface area contributed by atoms with E-state index in [0.717, 1.165) is 6.26 Å². The lowest BCUT2D eigenvalue weighted by Crippen LogP contribution is -2.07. The Kier molecular flexibility index (Phi) is 4.59. The van der Waals surface area contributed by atoms with Gasteiger partial charge in [-0.3, -0.25) is 0 Å². The zero-order valence-electron chi connectivity index (χ0n) is 9.94. The molecule has 0 aliphatic rings. The molecule has 0 aliphatic heterocycles. The summed E-state index contributed by atoms with van der Waals surface area (Å²) in [7, 11) is -3.29. The number of carbonyl (C=O) groups is 1. The van der Waals surface area contributed by atoms with Crippen molar-refractivity contribution in [3.05, 3.63) is 28.3 Å². The zero-order chi connectivity index (χ0) is 13.9. The highest BCUT2D eigenvalue weighted by Gasteiger charge is 2.17. The van der Waals surface area contributed by atoms with Gasteiger partial charge in [-0.05, 0) is 24.6 Å². The van der Waals surface area contributed by atoms with Gasteiger partial charge in [0, 0.05) is 11.3 Å². The summed E-state index contributed by atoms with van der Waals surface area (Å²) in [4.78, 5) is 11.1. The summed E-state index contributed by atoms with van der Waals surface area (Å²) in [6, 6.07) is 2.56. The van der Waals surface area contributed by atoms with Crippen molar-refractivity contribution in [1.82, 2.24) is 0 Å². The number of hydrogen-bond donors (Lipinski definition) is 1. The van der Waals surface area contributed by atoms with Crippen molar-refractivity contribution in [3.8, 4) is 5.75 Å². The largest absolute Gasteiger partial charge is 0.493 e. The first-order chi connectivity index (χ1) is 8.24. The van der Waals surface area contributed by atoms with Crippen LogP contribution in [0.15, 0.2) is 12.1 Å². The Morgan fingerprint density at radius 1 is 1.44 bits per heavy atom. The Balaban J connectivity index is 3.31. The highest BCUT2D eigenvalue weighted by Crippen LogP contribution is 2.28. The molecule has 0 unspecified atom stereocenters. The maximum absolute atomic E-state index is 11.2. The van der Waals surface area contributed by atoms with Crippen molar-refractivity contribution in [3.63, 3.8) is 0 Å². The van der Waals surface area contributed by atoms with Crippen molar-refractivity contribution in [2.45, 2.75) is 12.7 Å². The molecule has 1 aromatic carbocycles. The predicted molar refractivity (Wildman–Crippen MR) is 68.1 cm³/mol. The van der Waals surface area contributed by atoms with Crippen molar-refractivity contribution < 1.29 is 23.1 Å². The smallest absolute Gasteiger partial charge is 0.339 e. The normalized spacial score (nSPS) is 11.3. The zero-order valence-corrected chi connectivity index (χ0v) is 11.5. The quantitative estimate of drug-likeness (QED) is 0.897. The Hall–Kier alpha value is -1.27. The third-order valence-electron chi connectivity index (χ3n) is 2.10.